The number of hydrogen-bond donors (Lipinski definition) is 0. The molecule has 0 atom stereocenters. The summed E-state index contributed by atoms with van der Waals surface area (Å²) in [5.41, 5.74) is 22.2. The summed E-state index contributed by atoms with van der Waals surface area (Å²) in [6.45, 7) is 15.7. The number of hydrogen-bond acceptors (Lipinski definition) is 1. The van der Waals surface area contributed by atoms with Crippen molar-refractivity contribution >= 4 is 173 Å². The Labute approximate surface area is 654 Å². The molecule has 0 aliphatic carbocycles. The Balaban J connectivity index is 0.000000132. The lowest BCUT2D eigenvalue weighted by molar-refractivity contribution is 1.18. The molecule has 22 aromatic carbocycles. The number of pyridine rings is 1. The predicted octanol–water partition coefficient (Wildman–Crippen LogP) is 30.5. The number of fused-ring (bicyclic) bond motifs is 3. The van der Waals surface area contributed by atoms with Gasteiger partial charge < -0.3 is 9.13 Å². The van der Waals surface area contributed by atoms with Gasteiger partial charge in [-0.05, 0) is 308 Å². The molecule has 25 rings (SSSR count). The molecule has 0 radical (unpaired) electrons. The highest BCUT2D eigenvalue weighted by Crippen LogP contribution is 2.50. The third-order valence-electron chi connectivity index (χ3n) is 24.4. The first kappa shape index (κ1) is 63.4. The Kier molecular flexibility index (Phi) is 13.6. The van der Waals surface area contributed by atoms with Gasteiger partial charge in [0.15, 0.2) is 11.4 Å². The summed E-state index contributed by atoms with van der Waals surface area (Å²) >= 11 is 0. The summed E-state index contributed by atoms with van der Waals surface area (Å²) < 4.78 is 4.68. The van der Waals surface area contributed by atoms with Crippen LogP contribution in [0.3, 0.4) is 0 Å². The molecule has 0 spiro atoms. The van der Waals surface area contributed by atoms with Crippen molar-refractivity contribution in [1.82, 2.24) is 14.1 Å². The van der Waals surface area contributed by atoms with Crippen LogP contribution in [0.4, 0.5) is 11.4 Å². The lowest BCUT2D eigenvalue weighted by Gasteiger charge is -2.17. The van der Waals surface area contributed by atoms with E-state index in [0.29, 0.717) is 11.4 Å². The maximum Gasteiger partial charge on any atom is 0.189 e. The fraction of sp³-hybridized carbons (Fsp3) is 0. The van der Waals surface area contributed by atoms with Gasteiger partial charge in [0.25, 0.3) is 0 Å². The number of para-hydroxylation sites is 2. The summed E-state index contributed by atoms with van der Waals surface area (Å²) in [6, 6.07) is 133. The highest BCUT2D eigenvalue weighted by atomic mass is 15.0. The summed E-state index contributed by atoms with van der Waals surface area (Å²) in [7, 11) is 0. The molecule has 0 aliphatic heterocycles. The lowest BCUT2D eigenvalue weighted by Crippen LogP contribution is -1.93. The van der Waals surface area contributed by atoms with Gasteiger partial charge in [-0.25, -0.2) is 9.69 Å². The van der Waals surface area contributed by atoms with E-state index in [-0.39, 0.29) is 0 Å². The van der Waals surface area contributed by atoms with Gasteiger partial charge in [0, 0.05) is 55.7 Å². The topological polar surface area (TPSA) is 31.5 Å². The first-order chi connectivity index (χ1) is 56.4. The van der Waals surface area contributed by atoms with Crippen molar-refractivity contribution in [3.63, 3.8) is 0 Å². The smallest absolute Gasteiger partial charge is 0.189 e. The monoisotopic (exact) mass is 1440 g/mol. The summed E-state index contributed by atoms with van der Waals surface area (Å²) in [5.74, 6) is 0. The molecule has 0 bridgehead atoms. The lowest BCUT2D eigenvalue weighted by atomic mass is 9.87. The average Bonchev–Trinajstić information content (AvgIpc) is 1.46. The van der Waals surface area contributed by atoms with E-state index < -0.39 is 0 Å². The first-order valence-corrected chi connectivity index (χ1v) is 38.8. The summed E-state index contributed by atoms with van der Waals surface area (Å²) in [4.78, 5) is 12.3. The normalized spacial score (nSPS) is 12.0. The molecule has 0 aliphatic rings. The van der Waals surface area contributed by atoms with Crippen molar-refractivity contribution in [3.8, 4) is 78.3 Å². The molecule has 3 heterocycles. The third-order valence-corrected chi connectivity index (χ3v) is 24.4. The minimum absolute atomic E-state index is 0.652. The van der Waals surface area contributed by atoms with Crippen LogP contribution in [0.1, 0.15) is 0 Å². The second-order valence-electron chi connectivity index (χ2n) is 30.6. The molecule has 0 fully saturated rings. The Morgan fingerprint density at radius 2 is 0.482 bits per heavy atom. The third kappa shape index (κ3) is 9.55. The summed E-state index contributed by atoms with van der Waals surface area (Å²) in [6.07, 6.45) is 1.86. The van der Waals surface area contributed by atoms with Crippen LogP contribution in [0, 0.1) is 13.1 Å². The van der Waals surface area contributed by atoms with Crippen molar-refractivity contribution in [1.29, 1.82) is 0 Å². The number of rotatable bonds is 8. The fourth-order valence-electron chi connectivity index (χ4n) is 19.6. The van der Waals surface area contributed by atoms with Gasteiger partial charge >= 0.3 is 0 Å². The molecular formula is C109H61N5. The fourth-order valence-corrected chi connectivity index (χ4v) is 19.6. The molecule has 0 saturated heterocycles. The molecule has 0 N–H and O–H groups in total. The number of nitrogens with zero attached hydrogens (tertiary/aromatic N) is 5. The van der Waals surface area contributed by atoms with Gasteiger partial charge in [-0.3, -0.25) is 4.98 Å². The van der Waals surface area contributed by atoms with Crippen LogP contribution in [0.5, 0.6) is 0 Å². The quantitative estimate of drug-likeness (QED) is 0.110. The van der Waals surface area contributed by atoms with Crippen molar-refractivity contribution in [2.24, 2.45) is 0 Å². The Hall–Kier alpha value is -15.5. The van der Waals surface area contributed by atoms with Crippen LogP contribution in [0.25, 0.3) is 250 Å². The Morgan fingerprint density at radius 1 is 0.202 bits per heavy atom. The molecule has 0 amide bonds. The van der Waals surface area contributed by atoms with Crippen LogP contribution < -0.4 is 0 Å². The zero-order valence-electron chi connectivity index (χ0n) is 61.5. The molecule has 0 unspecified atom stereocenters. The van der Waals surface area contributed by atoms with E-state index in [1.165, 1.54) is 185 Å². The SMILES string of the molecule is [C-]#[N+]c1cc2ccc3cc(-c4ccc(-c5cc6ccc7cc(-c8cccc9ccccc89)cc8ccc(c5)c6c78)c5ccccc45)cc4c3c2c(c1)n4-c1ccccc1.[C-]#[N+]c1cc2ccc3cc(-c4ccc(-c5cc6ccc7cc(-c8ccccn8)cc8ccc(c5)c6c78)c5ccccc45)cc4c3c2c(c1)n4-c1ccccc1. The first-order valence-electron chi connectivity index (χ1n) is 38.8. The molecule has 0 saturated carbocycles. The van der Waals surface area contributed by atoms with E-state index in [9.17, 15) is 0 Å². The average molecular weight is 1440 g/mol. The van der Waals surface area contributed by atoms with E-state index >= 15 is 0 Å². The minimum Gasteiger partial charge on any atom is -0.310 e. The maximum atomic E-state index is 7.86. The Morgan fingerprint density at radius 3 is 0.833 bits per heavy atom. The van der Waals surface area contributed by atoms with Gasteiger partial charge in [-0.2, -0.15) is 0 Å². The van der Waals surface area contributed by atoms with E-state index in [1.54, 1.807) is 0 Å². The van der Waals surface area contributed by atoms with E-state index in [0.717, 1.165) is 55.5 Å². The molecule has 25 aromatic rings. The highest BCUT2D eigenvalue weighted by Gasteiger charge is 2.25. The standard InChI is InChI=1S/C57H32N2.C52H29N3/c1-58-44-31-40-23-22-39-30-43(32-52-56(39)57(40)53(33-44)59(52)45-12-3-2-4-13-45)49-25-24-48(50-15-7-8-16-51(49)50)42-28-37-20-18-35-26-41(27-36-19-21-38(29-42)55(37)54(35)36)47-17-9-11-34-10-5-6-14-46(34)47;1-53-40-28-36-19-18-35-25-38(29-47-51(35)52(36)48(30-40)55(47)41-9-3-2-4-10-41)43-21-20-42(44-11-5-6-12-45(43)44)37-23-31-14-16-33-26-39(46-13-7-8-22-54-46)27-34-17-15-32(24-37)49(31)50(33)34/h2-33H;2-30H. The zero-order valence-corrected chi connectivity index (χ0v) is 61.5. The van der Waals surface area contributed by atoms with Crippen molar-refractivity contribution in [2.75, 3.05) is 0 Å². The van der Waals surface area contributed by atoms with Crippen LogP contribution >= 0.6 is 0 Å². The van der Waals surface area contributed by atoms with Crippen molar-refractivity contribution < 1.29 is 0 Å². The second kappa shape index (κ2) is 24.5. The largest absolute Gasteiger partial charge is 0.310 e. The number of benzene rings is 22. The van der Waals surface area contributed by atoms with E-state index in [4.69, 9.17) is 13.1 Å². The zero-order chi connectivity index (χ0) is 75.0. The van der Waals surface area contributed by atoms with Gasteiger partial charge in [0.05, 0.1) is 29.9 Å². The van der Waals surface area contributed by atoms with Crippen LogP contribution in [0.2, 0.25) is 0 Å². The van der Waals surface area contributed by atoms with Gasteiger partial charge in [0.1, 0.15) is 0 Å². The van der Waals surface area contributed by atoms with Gasteiger partial charge in [0.2, 0.25) is 0 Å². The number of aromatic nitrogens is 3. The molecular weight excluding hydrogens is 1380 g/mol. The predicted molar refractivity (Wildman–Crippen MR) is 482 cm³/mol. The summed E-state index contributed by atoms with van der Waals surface area (Å²) in [5, 5.41) is 32.2. The Bertz CT molecular complexity index is 8290. The second-order valence-corrected chi connectivity index (χ2v) is 30.6. The van der Waals surface area contributed by atoms with Crippen LogP contribution in [0.15, 0.2) is 370 Å². The highest BCUT2D eigenvalue weighted by molar-refractivity contribution is 6.30. The molecule has 5 heteroatoms. The van der Waals surface area contributed by atoms with E-state index in [2.05, 4.69) is 351 Å². The molecule has 522 valence electrons. The molecule has 3 aromatic heterocycles. The van der Waals surface area contributed by atoms with Gasteiger partial charge in [-0.15, -0.1) is 0 Å². The van der Waals surface area contributed by atoms with Gasteiger partial charge in [-0.1, -0.05) is 231 Å². The van der Waals surface area contributed by atoms with Crippen LogP contribution in [-0.4, -0.2) is 14.1 Å². The van der Waals surface area contributed by atoms with Crippen LogP contribution in [-0.2, 0) is 0 Å². The molecule has 5 nitrogen and oxygen atoms in total. The molecule has 114 heavy (non-hydrogen) atoms. The maximum absolute atomic E-state index is 7.86. The van der Waals surface area contributed by atoms with E-state index in [1.807, 2.05) is 42.6 Å². The minimum atomic E-state index is 0.652. The van der Waals surface area contributed by atoms with Crippen molar-refractivity contribution in [2.45, 2.75) is 0 Å². The van der Waals surface area contributed by atoms with Crippen molar-refractivity contribution in [3.05, 3.63) is 393 Å².